The van der Waals surface area contributed by atoms with Crippen LogP contribution in [0.4, 0.5) is 34.1 Å². The fraction of sp³-hybridized carbons (Fsp3) is 0.333. The van der Waals surface area contributed by atoms with Gasteiger partial charge in [-0.05, 0) is 123 Å². The van der Waals surface area contributed by atoms with E-state index in [1.807, 2.05) is 94.4 Å². The SMILES string of the molecule is CC.CCO.CO.Cc1cc(NCCN=Nc2cc(CNc3cccc(Cl)c3C)ccc2Cl)c(Cl)cc1NCCN=Nc1cc(CNc2cccc(C)c2C)ccc1Cl. The van der Waals surface area contributed by atoms with Gasteiger partial charge in [0.25, 0.3) is 0 Å². The molecule has 0 unspecified atom stereocenters. The number of azo groups is 2. The minimum absolute atomic E-state index is 0.250. The summed E-state index contributed by atoms with van der Waals surface area (Å²) in [5, 5.41) is 48.2. The maximum atomic E-state index is 7.57. The normalized spacial score (nSPS) is 10.5. The van der Waals surface area contributed by atoms with Crippen LogP contribution in [-0.2, 0) is 13.1 Å². The number of nitrogens with zero attached hydrogens (tertiary/aromatic N) is 4. The van der Waals surface area contributed by atoms with E-state index in [4.69, 9.17) is 56.6 Å². The van der Waals surface area contributed by atoms with Crippen LogP contribution in [0.15, 0.2) is 105 Å². The first-order valence-corrected chi connectivity index (χ1v) is 21.0. The number of aliphatic hydroxyl groups is 2. The topological polar surface area (TPSA) is 138 Å². The summed E-state index contributed by atoms with van der Waals surface area (Å²) in [6, 6.07) is 27.5. The molecule has 0 fully saturated rings. The maximum absolute atomic E-state index is 7.57. The van der Waals surface area contributed by atoms with E-state index in [9.17, 15) is 0 Å². The Morgan fingerprint density at radius 3 is 1.51 bits per heavy atom. The molecule has 0 bridgehead atoms. The smallest absolute Gasteiger partial charge is 0.104 e. The first-order valence-electron chi connectivity index (χ1n) is 19.4. The Hall–Kier alpha value is -4.42. The molecule has 0 aliphatic rings. The Labute approximate surface area is 370 Å². The van der Waals surface area contributed by atoms with Crippen LogP contribution < -0.4 is 21.3 Å². The van der Waals surface area contributed by atoms with Crippen LogP contribution in [0.25, 0.3) is 0 Å². The molecule has 0 saturated heterocycles. The van der Waals surface area contributed by atoms with Gasteiger partial charge in [0, 0.05) is 62.0 Å². The largest absolute Gasteiger partial charge is 0.400 e. The number of nitrogens with one attached hydrogen (secondary N) is 4. The van der Waals surface area contributed by atoms with Crippen LogP contribution in [0.3, 0.4) is 0 Å². The Kier molecular flexibility index (Phi) is 24.2. The summed E-state index contributed by atoms with van der Waals surface area (Å²) in [4.78, 5) is 0. The summed E-state index contributed by atoms with van der Waals surface area (Å²) >= 11 is 25.7. The summed E-state index contributed by atoms with van der Waals surface area (Å²) in [7, 11) is 1.00. The fourth-order valence-electron chi connectivity index (χ4n) is 5.37. The van der Waals surface area contributed by atoms with Gasteiger partial charge in [0.15, 0.2) is 0 Å². The average Bonchev–Trinajstić information content (AvgIpc) is 3.23. The molecule has 0 saturated carbocycles. The van der Waals surface area contributed by atoms with Gasteiger partial charge in [-0.15, -0.1) is 0 Å². The number of aryl methyl sites for hydroxylation is 2. The fourth-order valence-corrected chi connectivity index (χ4v) is 6.08. The molecule has 5 aromatic carbocycles. The molecule has 5 rings (SSSR count). The van der Waals surface area contributed by atoms with E-state index in [0.717, 1.165) is 57.1 Å². The van der Waals surface area contributed by atoms with Crippen molar-refractivity contribution >= 4 is 80.5 Å². The Morgan fingerprint density at radius 1 is 0.508 bits per heavy atom. The van der Waals surface area contributed by atoms with Crippen LogP contribution in [-0.4, -0.2) is 50.1 Å². The van der Waals surface area contributed by atoms with Crippen molar-refractivity contribution in [3.63, 3.8) is 0 Å². The third-order valence-corrected chi connectivity index (χ3v) is 9.95. The van der Waals surface area contributed by atoms with Gasteiger partial charge >= 0.3 is 0 Å². The zero-order chi connectivity index (χ0) is 43.7. The van der Waals surface area contributed by atoms with Gasteiger partial charge < -0.3 is 31.5 Å². The van der Waals surface area contributed by atoms with E-state index in [1.165, 1.54) is 11.1 Å². The van der Waals surface area contributed by atoms with Crippen molar-refractivity contribution in [2.45, 2.75) is 61.6 Å². The van der Waals surface area contributed by atoms with Crippen LogP contribution in [0.1, 0.15) is 54.2 Å². The van der Waals surface area contributed by atoms with Crippen molar-refractivity contribution in [2.24, 2.45) is 20.5 Å². The third kappa shape index (κ3) is 17.0. The lowest BCUT2D eigenvalue weighted by Gasteiger charge is -2.13. The minimum Gasteiger partial charge on any atom is -0.400 e. The summed E-state index contributed by atoms with van der Waals surface area (Å²) in [5.74, 6) is 0. The molecule has 0 aromatic heterocycles. The lowest BCUT2D eigenvalue weighted by Crippen LogP contribution is -2.08. The number of rotatable bonds is 16. The summed E-state index contributed by atoms with van der Waals surface area (Å²) in [6.07, 6.45) is 0. The van der Waals surface area contributed by atoms with Gasteiger partial charge in [-0.25, -0.2) is 0 Å². The first kappa shape index (κ1) is 50.7. The Morgan fingerprint density at radius 2 is 0.983 bits per heavy atom. The highest BCUT2D eigenvalue weighted by Gasteiger charge is 2.08. The first-order chi connectivity index (χ1) is 28.5. The monoisotopic (exact) mass is 882 g/mol. The van der Waals surface area contributed by atoms with Gasteiger partial charge in [0.1, 0.15) is 11.4 Å². The minimum atomic E-state index is 0.250. The predicted octanol–water partition coefficient (Wildman–Crippen LogP) is 13.8. The van der Waals surface area contributed by atoms with E-state index in [0.29, 0.717) is 65.7 Å². The molecule has 14 heteroatoms. The lowest BCUT2D eigenvalue weighted by molar-refractivity contribution is 0.318. The number of hydrogen-bond donors (Lipinski definition) is 6. The molecule has 59 heavy (non-hydrogen) atoms. The Balaban J connectivity index is 0.00000161. The van der Waals surface area contributed by atoms with Gasteiger partial charge in [-0.1, -0.05) is 90.6 Å². The highest BCUT2D eigenvalue weighted by Crippen LogP contribution is 2.31. The maximum Gasteiger partial charge on any atom is 0.104 e. The van der Waals surface area contributed by atoms with E-state index in [2.05, 4.69) is 73.8 Å². The van der Waals surface area contributed by atoms with Crippen LogP contribution in [0, 0.1) is 27.7 Å². The number of benzene rings is 5. The number of anilines is 4. The highest BCUT2D eigenvalue weighted by atomic mass is 35.5. The standard InChI is InChI=1S/C40H42Cl4N8.C2H6O.C2H6.CH4O/c1-25-7-5-9-35(27(25)3)47-23-29-11-13-32(42)39(20-29)51-49-17-15-45-37-22-34(44)38(19-26(37)2)46-16-18-50-52-40-21-30(12-14-33(40)43)24-48-36-10-6-8-31(41)28(36)4;1-2-3;2*1-2/h5-14,19-22,45-48H,15-18,23-24H2,1-4H3;3H,2H2,1H3;1-2H3;2H,1H3. The van der Waals surface area contributed by atoms with Crippen LogP contribution in [0.2, 0.25) is 20.1 Å². The zero-order valence-corrected chi connectivity index (χ0v) is 38.3. The van der Waals surface area contributed by atoms with Crippen molar-refractivity contribution in [1.82, 2.24) is 0 Å². The third-order valence-electron chi connectivity index (χ3n) is 8.58. The van der Waals surface area contributed by atoms with Crippen LogP contribution >= 0.6 is 46.4 Å². The lowest BCUT2D eigenvalue weighted by atomic mass is 10.1. The van der Waals surface area contributed by atoms with Crippen molar-refractivity contribution in [2.75, 3.05) is 61.2 Å². The van der Waals surface area contributed by atoms with E-state index in [1.54, 1.807) is 6.92 Å². The van der Waals surface area contributed by atoms with Crippen LogP contribution in [0.5, 0.6) is 0 Å². The van der Waals surface area contributed by atoms with Gasteiger partial charge in [0.05, 0.1) is 33.8 Å². The van der Waals surface area contributed by atoms with E-state index in [-0.39, 0.29) is 6.61 Å². The second-order valence-corrected chi connectivity index (χ2v) is 14.3. The molecule has 0 aliphatic heterocycles. The van der Waals surface area contributed by atoms with E-state index >= 15 is 0 Å². The molecular weight excluding hydrogens is 826 g/mol. The molecule has 0 amide bonds. The molecule has 0 heterocycles. The number of hydrogen-bond acceptors (Lipinski definition) is 10. The average molecular weight is 885 g/mol. The van der Waals surface area contributed by atoms with Crippen molar-refractivity contribution in [3.05, 3.63) is 138 Å². The second kappa shape index (κ2) is 28.1. The van der Waals surface area contributed by atoms with Gasteiger partial charge in [-0.3, -0.25) is 0 Å². The summed E-state index contributed by atoms with van der Waals surface area (Å²) in [6.45, 7) is 17.5. The molecule has 0 atom stereocenters. The van der Waals surface area contributed by atoms with Crippen molar-refractivity contribution in [1.29, 1.82) is 0 Å². The molecule has 10 nitrogen and oxygen atoms in total. The summed E-state index contributed by atoms with van der Waals surface area (Å²) < 4.78 is 0. The molecule has 6 N–H and O–H groups in total. The molecule has 0 aliphatic carbocycles. The van der Waals surface area contributed by atoms with Gasteiger partial charge in [-0.2, -0.15) is 20.5 Å². The second-order valence-electron chi connectivity index (χ2n) is 12.7. The zero-order valence-electron chi connectivity index (χ0n) is 35.2. The van der Waals surface area contributed by atoms with Crippen molar-refractivity contribution < 1.29 is 10.2 Å². The molecule has 0 spiro atoms. The van der Waals surface area contributed by atoms with Gasteiger partial charge in [0.2, 0.25) is 0 Å². The number of aliphatic hydroxyl groups excluding tert-OH is 2. The Bertz CT molecular complexity index is 1950. The van der Waals surface area contributed by atoms with E-state index < -0.39 is 0 Å². The summed E-state index contributed by atoms with van der Waals surface area (Å²) in [5.41, 5.74) is 11.8. The molecule has 318 valence electrons. The number of halogens is 4. The van der Waals surface area contributed by atoms with Crippen molar-refractivity contribution in [3.8, 4) is 0 Å². The highest BCUT2D eigenvalue weighted by molar-refractivity contribution is 6.34. The molecule has 5 aromatic rings. The quantitative estimate of drug-likeness (QED) is 0.0431. The molecular formula is C45H58Cl4N8O2. The predicted molar refractivity (Wildman–Crippen MR) is 254 cm³/mol. The molecule has 0 radical (unpaired) electrons.